The van der Waals surface area contributed by atoms with Crippen LogP contribution in [0.1, 0.15) is 51.4 Å². The Labute approximate surface area is 230 Å². The van der Waals surface area contributed by atoms with Gasteiger partial charge in [-0.3, -0.25) is 4.79 Å². The molecule has 1 saturated heterocycles. The number of benzene rings is 1. The highest BCUT2D eigenvalue weighted by Crippen LogP contribution is 2.44. The maximum absolute atomic E-state index is 13.2. The zero-order valence-electron chi connectivity index (χ0n) is 21.1. The average molecular weight is 587 g/mol. The van der Waals surface area contributed by atoms with Crippen molar-refractivity contribution in [2.24, 2.45) is 5.92 Å². The summed E-state index contributed by atoms with van der Waals surface area (Å²) in [6, 6.07) is 9.23. The van der Waals surface area contributed by atoms with Gasteiger partial charge in [0.25, 0.3) is 15.9 Å². The van der Waals surface area contributed by atoms with Crippen molar-refractivity contribution in [2.45, 2.75) is 74.2 Å². The number of nitrogens with one attached hydrogen (secondary N) is 2. The molecule has 0 bridgehead atoms. The van der Waals surface area contributed by atoms with Gasteiger partial charge in [-0.1, -0.05) is 17.7 Å². The smallest absolute Gasteiger partial charge is 0.391 e. The average Bonchev–Trinajstić information content (AvgIpc) is 3.46. The summed E-state index contributed by atoms with van der Waals surface area (Å²) in [5.74, 6) is -1.34. The van der Waals surface area contributed by atoms with Gasteiger partial charge >= 0.3 is 6.18 Å². The van der Waals surface area contributed by atoms with Crippen LogP contribution in [-0.4, -0.2) is 50.2 Å². The number of alkyl halides is 3. The Morgan fingerprint density at radius 2 is 1.77 bits per heavy atom. The number of carbonyl (C=O) groups is 1. The number of ether oxygens (including phenoxy) is 1. The van der Waals surface area contributed by atoms with Gasteiger partial charge in [0.1, 0.15) is 11.6 Å². The lowest BCUT2D eigenvalue weighted by molar-refractivity contribution is -0.182. The fraction of sp³-hybridized carbons (Fsp3) is 0.538. The van der Waals surface area contributed by atoms with E-state index in [1.165, 1.54) is 12.1 Å². The largest absolute Gasteiger partial charge is 0.475 e. The van der Waals surface area contributed by atoms with Crippen LogP contribution in [-0.2, 0) is 14.8 Å². The molecule has 1 aromatic carbocycles. The summed E-state index contributed by atoms with van der Waals surface area (Å²) < 4.78 is 73.4. The lowest BCUT2D eigenvalue weighted by Crippen LogP contribution is -2.43. The van der Waals surface area contributed by atoms with Crippen LogP contribution >= 0.6 is 11.6 Å². The fourth-order valence-electron chi connectivity index (χ4n) is 5.13. The highest BCUT2D eigenvalue weighted by atomic mass is 35.5. The van der Waals surface area contributed by atoms with Gasteiger partial charge in [-0.05, 0) is 62.8 Å². The van der Waals surface area contributed by atoms with E-state index < -0.39 is 33.6 Å². The van der Waals surface area contributed by atoms with E-state index in [0.717, 1.165) is 25.9 Å². The Morgan fingerprint density at radius 1 is 1.08 bits per heavy atom. The molecule has 2 N–H and O–H groups in total. The second-order valence-electron chi connectivity index (χ2n) is 10.4. The van der Waals surface area contributed by atoms with E-state index in [-0.39, 0.29) is 42.5 Å². The second kappa shape index (κ2) is 10.7. The number of halogens is 4. The highest BCUT2D eigenvalue weighted by Gasteiger charge is 2.54. The minimum atomic E-state index is -4.26. The predicted octanol–water partition coefficient (Wildman–Crippen LogP) is 5.28. The molecule has 2 aliphatic carbocycles. The number of aromatic nitrogens is 1. The SMILES string of the molecule is O=C(NS(=O)(=O)c1cccc(N2CCCC2)n1)C1(Oc2cc(Cl)ccc2NC2CCC(C(F)(F)F)CC2)CC1. The van der Waals surface area contributed by atoms with Crippen LogP contribution in [0.25, 0.3) is 0 Å². The topological polar surface area (TPSA) is 101 Å². The summed E-state index contributed by atoms with van der Waals surface area (Å²) in [5, 5.41) is 3.31. The quantitative estimate of drug-likeness (QED) is 0.434. The molecule has 2 aromatic rings. The van der Waals surface area contributed by atoms with Crippen LogP contribution < -0.4 is 19.7 Å². The van der Waals surface area contributed by atoms with Crippen molar-refractivity contribution in [2.75, 3.05) is 23.3 Å². The fourth-order valence-corrected chi connectivity index (χ4v) is 6.30. The van der Waals surface area contributed by atoms with Gasteiger partial charge in [-0.2, -0.15) is 21.6 Å². The lowest BCUT2D eigenvalue weighted by atomic mass is 9.85. The number of nitrogens with zero attached hydrogens (tertiary/aromatic N) is 2. The monoisotopic (exact) mass is 586 g/mol. The Kier molecular flexibility index (Phi) is 7.62. The molecule has 212 valence electrons. The van der Waals surface area contributed by atoms with Crippen LogP contribution in [0.5, 0.6) is 5.75 Å². The van der Waals surface area contributed by atoms with E-state index in [4.69, 9.17) is 16.3 Å². The van der Waals surface area contributed by atoms with Gasteiger partial charge in [-0.25, -0.2) is 9.71 Å². The second-order valence-corrected chi connectivity index (χ2v) is 12.5. The van der Waals surface area contributed by atoms with E-state index in [1.807, 2.05) is 4.90 Å². The molecule has 1 aliphatic heterocycles. The van der Waals surface area contributed by atoms with Crippen molar-refractivity contribution in [3.63, 3.8) is 0 Å². The molecule has 0 radical (unpaired) electrons. The number of carbonyl (C=O) groups excluding carboxylic acids is 1. The maximum atomic E-state index is 13.2. The van der Waals surface area contributed by atoms with E-state index in [1.54, 1.807) is 24.3 Å². The van der Waals surface area contributed by atoms with Crippen molar-refractivity contribution in [3.05, 3.63) is 41.4 Å². The van der Waals surface area contributed by atoms with Gasteiger partial charge in [0.05, 0.1) is 11.6 Å². The molecule has 2 saturated carbocycles. The van der Waals surface area contributed by atoms with E-state index in [9.17, 15) is 26.4 Å². The van der Waals surface area contributed by atoms with E-state index in [2.05, 4.69) is 15.0 Å². The summed E-state index contributed by atoms with van der Waals surface area (Å²) in [5.41, 5.74) is -0.925. The third kappa shape index (κ3) is 6.37. The number of amides is 1. The molecule has 3 aliphatic rings. The molecular weight excluding hydrogens is 557 g/mol. The molecule has 0 spiro atoms. The van der Waals surface area contributed by atoms with Crippen molar-refractivity contribution >= 4 is 39.0 Å². The zero-order valence-corrected chi connectivity index (χ0v) is 22.7. The Balaban J connectivity index is 1.27. The van der Waals surface area contributed by atoms with Gasteiger partial charge in [0.15, 0.2) is 10.6 Å². The summed E-state index contributed by atoms with van der Waals surface area (Å²) >= 11 is 6.17. The third-order valence-electron chi connectivity index (χ3n) is 7.56. The highest BCUT2D eigenvalue weighted by molar-refractivity contribution is 7.90. The van der Waals surface area contributed by atoms with Crippen LogP contribution in [0.4, 0.5) is 24.7 Å². The molecule has 2 heterocycles. The van der Waals surface area contributed by atoms with Gasteiger partial charge in [0, 0.05) is 43.1 Å². The summed E-state index contributed by atoms with van der Waals surface area (Å²) in [7, 11) is -4.26. The number of hydrogen-bond acceptors (Lipinski definition) is 7. The van der Waals surface area contributed by atoms with Gasteiger partial charge in [0.2, 0.25) is 0 Å². The number of rotatable bonds is 8. The van der Waals surface area contributed by atoms with E-state index in [0.29, 0.717) is 29.4 Å². The molecular formula is C26H30ClF3N4O4S. The van der Waals surface area contributed by atoms with Crippen molar-refractivity contribution < 1.29 is 31.1 Å². The van der Waals surface area contributed by atoms with Crippen LogP contribution in [0.2, 0.25) is 5.02 Å². The Hall–Kier alpha value is -2.73. The molecule has 13 heteroatoms. The molecule has 5 rings (SSSR count). The van der Waals surface area contributed by atoms with Crippen LogP contribution in [0.15, 0.2) is 41.4 Å². The number of pyridine rings is 1. The first-order valence-electron chi connectivity index (χ1n) is 13.1. The molecule has 0 unspecified atom stereocenters. The number of anilines is 2. The van der Waals surface area contributed by atoms with E-state index >= 15 is 0 Å². The molecule has 1 aromatic heterocycles. The van der Waals surface area contributed by atoms with Crippen LogP contribution in [0.3, 0.4) is 0 Å². The molecule has 3 fully saturated rings. The standard InChI is InChI=1S/C26H30ClF3N4O4S/c27-18-8-11-20(31-19-9-6-17(7-10-19)26(28,29)30)21(16-18)38-25(12-13-25)24(35)33-39(36,37)23-5-3-4-22(32-23)34-14-1-2-15-34/h3-5,8,11,16-17,19,31H,1-2,6-7,9-10,12-15H2,(H,33,35). The Bertz CT molecular complexity index is 1320. The zero-order chi connectivity index (χ0) is 27.8. The minimum absolute atomic E-state index is 0.0299. The predicted molar refractivity (Wildman–Crippen MR) is 140 cm³/mol. The Morgan fingerprint density at radius 3 is 2.41 bits per heavy atom. The van der Waals surface area contributed by atoms with Gasteiger partial charge < -0.3 is 15.0 Å². The normalized spacial score (nSPS) is 22.8. The first kappa shape index (κ1) is 27.8. The maximum Gasteiger partial charge on any atom is 0.391 e. The minimum Gasteiger partial charge on any atom is -0.475 e. The molecule has 0 atom stereocenters. The van der Waals surface area contributed by atoms with Crippen molar-refractivity contribution in [1.82, 2.24) is 9.71 Å². The molecule has 39 heavy (non-hydrogen) atoms. The summed E-state index contributed by atoms with van der Waals surface area (Å²) in [6.07, 6.45) is -0.884. The van der Waals surface area contributed by atoms with Crippen LogP contribution in [0, 0.1) is 5.92 Å². The summed E-state index contributed by atoms with van der Waals surface area (Å²) in [6.45, 7) is 1.58. The molecule has 8 nitrogen and oxygen atoms in total. The molecule has 1 amide bonds. The first-order chi connectivity index (χ1) is 18.5. The van der Waals surface area contributed by atoms with Crippen molar-refractivity contribution in [3.8, 4) is 5.75 Å². The number of sulfonamides is 1. The summed E-state index contributed by atoms with van der Waals surface area (Å²) in [4.78, 5) is 19.4. The van der Waals surface area contributed by atoms with Gasteiger partial charge in [-0.15, -0.1) is 0 Å². The number of hydrogen-bond donors (Lipinski definition) is 2. The third-order valence-corrected chi connectivity index (χ3v) is 9.03. The lowest BCUT2D eigenvalue weighted by Gasteiger charge is -2.31. The van der Waals surface area contributed by atoms with Crippen molar-refractivity contribution in [1.29, 1.82) is 0 Å². The first-order valence-corrected chi connectivity index (χ1v) is 14.9.